The van der Waals surface area contributed by atoms with Gasteiger partial charge in [0.1, 0.15) is 13.3 Å². The van der Waals surface area contributed by atoms with Crippen LogP contribution >= 0.6 is 0 Å². The summed E-state index contributed by atoms with van der Waals surface area (Å²) in [4.78, 5) is 11.1. The van der Waals surface area contributed by atoms with Gasteiger partial charge in [-0.1, -0.05) is 28.7 Å². The van der Waals surface area contributed by atoms with Crippen molar-refractivity contribution in [3.63, 3.8) is 0 Å². The Balaban J connectivity index is 1.43. The van der Waals surface area contributed by atoms with Crippen LogP contribution in [0.25, 0.3) is 0 Å². The Kier molecular flexibility index (Phi) is 2.58. The molecule has 0 radical (unpaired) electrons. The van der Waals surface area contributed by atoms with E-state index in [0.29, 0.717) is 35.5 Å². The average molecular weight is 353 g/mol. The number of aliphatic imine (C=N–C) groups is 1. The first-order valence-electron chi connectivity index (χ1n) is 8.67. The molecule has 9 heteroatoms. The van der Waals surface area contributed by atoms with Crippen LogP contribution in [0.2, 0.25) is 0 Å². The highest BCUT2D eigenvalue weighted by Crippen LogP contribution is 2.46. The van der Waals surface area contributed by atoms with Gasteiger partial charge in [-0.05, 0) is 24.5 Å². The molecule has 0 N–H and O–H groups in total. The topological polar surface area (TPSA) is 64.2 Å². The van der Waals surface area contributed by atoms with Crippen molar-refractivity contribution in [3.8, 4) is 0 Å². The fourth-order valence-corrected chi connectivity index (χ4v) is 3.83. The van der Waals surface area contributed by atoms with Crippen LogP contribution in [0.4, 0.5) is 16.2 Å². The van der Waals surface area contributed by atoms with Gasteiger partial charge in [0, 0.05) is 11.5 Å². The van der Waals surface area contributed by atoms with Gasteiger partial charge in [-0.2, -0.15) is 10.1 Å². The first kappa shape index (κ1) is 14.1. The van der Waals surface area contributed by atoms with Crippen molar-refractivity contribution in [2.45, 2.75) is 19.3 Å². The number of nitrogens with zero attached hydrogens (tertiary/aromatic N) is 7. The van der Waals surface area contributed by atoms with Gasteiger partial charge >= 0.3 is 6.01 Å². The fraction of sp³-hybridized carbons (Fsp3) is 0.353. The van der Waals surface area contributed by atoms with Gasteiger partial charge in [0.2, 0.25) is 0 Å². The summed E-state index contributed by atoms with van der Waals surface area (Å²) in [7, 11) is 0. The number of anilines is 2. The van der Waals surface area contributed by atoms with E-state index in [1.807, 2.05) is 34.2 Å². The minimum absolute atomic E-state index is 0.138. The highest BCUT2D eigenvalue weighted by Gasteiger charge is 2.45. The maximum atomic E-state index is 14.0. The summed E-state index contributed by atoms with van der Waals surface area (Å²) in [6.45, 7) is 2.66. The Labute approximate surface area is 148 Å². The van der Waals surface area contributed by atoms with Gasteiger partial charge in [0.25, 0.3) is 0 Å². The first-order chi connectivity index (χ1) is 12.7. The Hall–Kier alpha value is -3.10. The molecule has 2 unspecified atom stereocenters. The molecule has 26 heavy (non-hydrogen) atoms. The minimum atomic E-state index is 0.138. The lowest BCUT2D eigenvalue weighted by Crippen LogP contribution is -2.49. The molecular formula is C17H16FN7O. The molecule has 6 rings (SSSR count). The van der Waals surface area contributed by atoms with E-state index in [2.05, 4.69) is 22.1 Å². The highest BCUT2D eigenvalue weighted by molar-refractivity contribution is 6.08. The standard InChI is InChI=1S/C17H16FN7O/c1-10-6-12(10)15-20-17(26-21-15)24-8-19-16-11-4-2-3-5-13(11)23-9-22(18)7-14(23)25(16)24/h2-5,7,10,12H,6,8-9H2,1H3. The molecule has 2 atom stereocenters. The number of para-hydroxylation sites is 1. The molecule has 4 heterocycles. The lowest BCUT2D eigenvalue weighted by Gasteiger charge is -2.38. The number of rotatable bonds is 2. The van der Waals surface area contributed by atoms with E-state index in [1.54, 1.807) is 5.01 Å². The van der Waals surface area contributed by atoms with Crippen LogP contribution in [0.1, 0.15) is 30.7 Å². The summed E-state index contributed by atoms with van der Waals surface area (Å²) in [5.41, 5.74) is 1.90. The number of aromatic nitrogens is 2. The SMILES string of the molecule is CC1CC1c1noc(N2CN=C3c4ccccc4N4CN(F)C=C4N32)n1. The Bertz CT molecular complexity index is 970. The average Bonchev–Trinajstić information content (AvgIpc) is 3.05. The zero-order valence-corrected chi connectivity index (χ0v) is 14.1. The predicted octanol–water partition coefficient (Wildman–Crippen LogP) is 2.41. The number of hydrogen-bond acceptors (Lipinski definition) is 8. The van der Waals surface area contributed by atoms with Gasteiger partial charge in [-0.3, -0.25) is 0 Å². The Morgan fingerprint density at radius 2 is 2.12 bits per heavy atom. The van der Waals surface area contributed by atoms with Crippen molar-refractivity contribution in [3.05, 3.63) is 47.7 Å². The van der Waals surface area contributed by atoms with Gasteiger partial charge in [-0.25, -0.2) is 15.0 Å². The maximum Gasteiger partial charge on any atom is 0.345 e. The van der Waals surface area contributed by atoms with Crippen LogP contribution in [0.3, 0.4) is 0 Å². The third kappa shape index (κ3) is 1.80. The largest absolute Gasteiger partial charge is 0.345 e. The van der Waals surface area contributed by atoms with Crippen LogP contribution in [-0.4, -0.2) is 39.4 Å². The van der Waals surface area contributed by atoms with Crippen LogP contribution in [0.5, 0.6) is 0 Å². The molecule has 2 aromatic rings. The number of benzene rings is 1. The molecule has 1 saturated carbocycles. The molecule has 0 bridgehead atoms. The molecule has 0 spiro atoms. The Morgan fingerprint density at radius 3 is 2.96 bits per heavy atom. The van der Waals surface area contributed by atoms with Crippen molar-refractivity contribution < 1.29 is 9.00 Å². The zero-order chi connectivity index (χ0) is 17.4. The van der Waals surface area contributed by atoms with E-state index in [0.717, 1.165) is 29.3 Å². The van der Waals surface area contributed by atoms with E-state index >= 15 is 0 Å². The third-order valence-corrected chi connectivity index (χ3v) is 5.35. The number of hydrazine groups is 1. The molecule has 4 aliphatic rings. The number of halogens is 1. The third-order valence-electron chi connectivity index (χ3n) is 5.35. The monoisotopic (exact) mass is 353 g/mol. The molecule has 1 aromatic carbocycles. The van der Waals surface area contributed by atoms with Gasteiger partial charge < -0.3 is 9.42 Å². The van der Waals surface area contributed by atoms with Gasteiger partial charge in [0.05, 0.1) is 11.9 Å². The Morgan fingerprint density at radius 1 is 1.27 bits per heavy atom. The van der Waals surface area contributed by atoms with Crippen molar-refractivity contribution in [1.82, 2.24) is 20.3 Å². The van der Waals surface area contributed by atoms with Crippen LogP contribution in [0, 0.1) is 5.92 Å². The van der Waals surface area contributed by atoms with E-state index in [1.165, 1.54) is 6.20 Å². The normalized spacial score (nSPS) is 25.8. The van der Waals surface area contributed by atoms with Crippen molar-refractivity contribution in [2.24, 2.45) is 10.9 Å². The second kappa shape index (κ2) is 4.75. The molecule has 1 fully saturated rings. The minimum Gasteiger partial charge on any atom is -0.313 e. The van der Waals surface area contributed by atoms with E-state index in [-0.39, 0.29) is 6.67 Å². The second-order valence-corrected chi connectivity index (χ2v) is 7.06. The molecule has 8 nitrogen and oxygen atoms in total. The van der Waals surface area contributed by atoms with Crippen molar-refractivity contribution in [1.29, 1.82) is 0 Å². The summed E-state index contributed by atoms with van der Waals surface area (Å²) in [6, 6.07) is 8.26. The molecule has 3 aliphatic heterocycles. The van der Waals surface area contributed by atoms with Crippen LogP contribution < -0.4 is 9.91 Å². The summed E-state index contributed by atoms with van der Waals surface area (Å²) >= 11 is 0. The maximum absolute atomic E-state index is 14.0. The quantitative estimate of drug-likeness (QED) is 0.768. The predicted molar refractivity (Wildman–Crippen MR) is 91.4 cm³/mol. The van der Waals surface area contributed by atoms with Crippen LogP contribution in [-0.2, 0) is 0 Å². The lowest BCUT2D eigenvalue weighted by atomic mass is 10.1. The van der Waals surface area contributed by atoms with Gasteiger partial charge in [0.15, 0.2) is 17.5 Å². The lowest BCUT2D eigenvalue weighted by molar-refractivity contribution is 0.104. The molecular weight excluding hydrogens is 337 g/mol. The summed E-state index contributed by atoms with van der Waals surface area (Å²) in [6.07, 6.45) is 2.55. The second-order valence-electron chi connectivity index (χ2n) is 7.06. The van der Waals surface area contributed by atoms with E-state index < -0.39 is 0 Å². The number of hydrogen-bond donors (Lipinski definition) is 0. The molecule has 1 aromatic heterocycles. The van der Waals surface area contributed by atoms with Crippen molar-refractivity contribution in [2.75, 3.05) is 23.2 Å². The number of fused-ring (bicyclic) bond motifs is 6. The van der Waals surface area contributed by atoms with Gasteiger partial charge in [-0.15, -0.1) is 0 Å². The van der Waals surface area contributed by atoms with E-state index in [9.17, 15) is 4.48 Å². The van der Waals surface area contributed by atoms with E-state index in [4.69, 9.17) is 4.52 Å². The molecule has 0 saturated heterocycles. The van der Waals surface area contributed by atoms with Crippen molar-refractivity contribution >= 4 is 17.5 Å². The molecule has 1 aliphatic carbocycles. The first-order valence-corrected chi connectivity index (χ1v) is 8.67. The summed E-state index contributed by atoms with van der Waals surface area (Å²) in [5.74, 6) is 3.16. The number of amidine groups is 1. The highest BCUT2D eigenvalue weighted by atomic mass is 19.2. The smallest absolute Gasteiger partial charge is 0.313 e. The summed E-state index contributed by atoms with van der Waals surface area (Å²) < 4.78 is 19.6. The molecule has 0 amide bonds. The zero-order valence-electron chi connectivity index (χ0n) is 14.1. The molecule has 132 valence electrons. The summed E-state index contributed by atoms with van der Waals surface area (Å²) in [5, 5.41) is 8.45. The van der Waals surface area contributed by atoms with Crippen LogP contribution in [0.15, 0.2) is 45.8 Å². The fourth-order valence-electron chi connectivity index (χ4n) is 3.83.